The van der Waals surface area contributed by atoms with Crippen molar-refractivity contribution in [3.8, 4) is 5.75 Å². The second-order valence-electron chi connectivity index (χ2n) is 7.39. The molecule has 0 aliphatic rings. The maximum absolute atomic E-state index is 13.0. The molecule has 2 aromatic carbocycles. The van der Waals surface area contributed by atoms with Crippen LogP contribution in [-0.4, -0.2) is 47.2 Å². The highest BCUT2D eigenvalue weighted by molar-refractivity contribution is 7.09. The lowest BCUT2D eigenvalue weighted by Crippen LogP contribution is -2.30. The van der Waals surface area contributed by atoms with Crippen LogP contribution in [-0.2, 0) is 13.2 Å². The number of rotatable bonds is 8. The van der Waals surface area contributed by atoms with Crippen LogP contribution in [0.2, 0.25) is 0 Å². The number of ether oxygens (including phenoxy) is 1. The molecule has 3 rings (SSSR count). The van der Waals surface area contributed by atoms with Gasteiger partial charge in [0.2, 0.25) is 0 Å². The summed E-state index contributed by atoms with van der Waals surface area (Å²) in [6.07, 6.45) is 0. The molecule has 0 unspecified atom stereocenters. The first-order valence-electron chi connectivity index (χ1n) is 10.1. The first-order chi connectivity index (χ1) is 14.9. The summed E-state index contributed by atoms with van der Waals surface area (Å²) >= 11 is 1.60. The van der Waals surface area contributed by atoms with Crippen LogP contribution in [0.3, 0.4) is 0 Å². The molecule has 2 amide bonds. The highest BCUT2D eigenvalue weighted by atomic mass is 32.1. The highest BCUT2D eigenvalue weighted by Crippen LogP contribution is 2.18. The van der Waals surface area contributed by atoms with Crippen molar-refractivity contribution < 1.29 is 14.3 Å². The third kappa shape index (κ3) is 5.92. The minimum absolute atomic E-state index is 0.0396. The fraction of sp³-hybridized carbons (Fsp3) is 0.292. The number of benzene rings is 2. The van der Waals surface area contributed by atoms with Gasteiger partial charge in [0, 0.05) is 43.7 Å². The number of amides is 2. The van der Waals surface area contributed by atoms with E-state index in [-0.39, 0.29) is 11.8 Å². The molecule has 0 spiro atoms. The van der Waals surface area contributed by atoms with E-state index in [0.717, 1.165) is 16.3 Å². The monoisotopic (exact) mass is 437 g/mol. The largest absolute Gasteiger partial charge is 0.487 e. The van der Waals surface area contributed by atoms with Crippen molar-refractivity contribution in [2.75, 3.05) is 20.6 Å². The minimum atomic E-state index is -0.0439. The maximum Gasteiger partial charge on any atom is 0.254 e. The molecule has 0 N–H and O–H groups in total. The first kappa shape index (κ1) is 22.5. The average molecular weight is 438 g/mol. The Labute approximate surface area is 187 Å². The third-order valence-electron chi connectivity index (χ3n) is 4.80. The topological polar surface area (TPSA) is 62.7 Å². The van der Waals surface area contributed by atoms with Crippen LogP contribution >= 0.6 is 11.3 Å². The van der Waals surface area contributed by atoms with Gasteiger partial charge >= 0.3 is 0 Å². The lowest BCUT2D eigenvalue weighted by molar-refractivity contribution is 0.0751. The predicted octanol–water partition coefficient (Wildman–Crippen LogP) is 4.39. The van der Waals surface area contributed by atoms with E-state index in [0.29, 0.717) is 36.6 Å². The maximum atomic E-state index is 13.0. The second kappa shape index (κ2) is 10.2. The number of thiazole rings is 1. The fourth-order valence-electron chi connectivity index (χ4n) is 3.07. The van der Waals surface area contributed by atoms with Gasteiger partial charge in [-0.3, -0.25) is 9.59 Å². The number of hydrogen-bond donors (Lipinski definition) is 0. The molecule has 0 aliphatic heterocycles. The van der Waals surface area contributed by atoms with E-state index in [1.165, 1.54) is 0 Å². The van der Waals surface area contributed by atoms with Crippen molar-refractivity contribution in [1.29, 1.82) is 0 Å². The molecule has 31 heavy (non-hydrogen) atoms. The molecular weight excluding hydrogens is 410 g/mol. The zero-order valence-electron chi connectivity index (χ0n) is 18.3. The van der Waals surface area contributed by atoms with Crippen LogP contribution in [0, 0.1) is 6.92 Å². The lowest BCUT2D eigenvalue weighted by atomic mass is 10.1. The van der Waals surface area contributed by atoms with Crippen molar-refractivity contribution in [3.63, 3.8) is 0 Å². The Morgan fingerprint density at radius 1 is 0.968 bits per heavy atom. The number of nitrogens with zero attached hydrogens (tertiary/aromatic N) is 3. The number of aromatic nitrogens is 1. The molecule has 0 aliphatic carbocycles. The summed E-state index contributed by atoms with van der Waals surface area (Å²) in [6, 6.07) is 14.6. The van der Waals surface area contributed by atoms with Crippen LogP contribution in [0.15, 0.2) is 53.9 Å². The molecule has 0 saturated heterocycles. The van der Waals surface area contributed by atoms with E-state index in [9.17, 15) is 9.59 Å². The molecule has 0 atom stereocenters. The molecule has 3 aromatic rings. The van der Waals surface area contributed by atoms with Crippen molar-refractivity contribution in [3.05, 3.63) is 81.3 Å². The van der Waals surface area contributed by atoms with Gasteiger partial charge in [0.1, 0.15) is 12.4 Å². The number of aryl methyl sites for hydroxylation is 1. The van der Waals surface area contributed by atoms with Gasteiger partial charge in [-0.1, -0.05) is 12.1 Å². The van der Waals surface area contributed by atoms with Gasteiger partial charge in [-0.05, 0) is 55.8 Å². The Hall–Kier alpha value is -3.19. The van der Waals surface area contributed by atoms with Gasteiger partial charge < -0.3 is 14.5 Å². The number of carbonyl (C=O) groups is 2. The van der Waals surface area contributed by atoms with E-state index >= 15 is 0 Å². The van der Waals surface area contributed by atoms with E-state index in [1.54, 1.807) is 59.5 Å². The minimum Gasteiger partial charge on any atom is -0.487 e. The smallest absolute Gasteiger partial charge is 0.254 e. The molecule has 7 heteroatoms. The standard InChI is InChI=1S/C24H27N3O3S/c1-5-27(14-18-6-8-19(9-7-18)23(28)26(3)4)24(29)20-10-12-22(13-11-20)30-15-21-16-31-17(2)25-21/h6-13,16H,5,14-15H2,1-4H3. The Balaban J connectivity index is 1.61. The van der Waals surface area contributed by atoms with Crippen LogP contribution in [0.1, 0.15) is 43.9 Å². The lowest BCUT2D eigenvalue weighted by Gasteiger charge is -2.21. The molecule has 1 aromatic heterocycles. The molecule has 0 saturated carbocycles. The summed E-state index contributed by atoms with van der Waals surface area (Å²) in [5.74, 6) is 0.617. The van der Waals surface area contributed by atoms with Crippen LogP contribution in [0.5, 0.6) is 5.75 Å². The van der Waals surface area contributed by atoms with E-state index in [4.69, 9.17) is 4.74 Å². The highest BCUT2D eigenvalue weighted by Gasteiger charge is 2.15. The van der Waals surface area contributed by atoms with Crippen molar-refractivity contribution in [2.45, 2.75) is 27.0 Å². The Bertz CT molecular complexity index is 1030. The molecule has 0 fully saturated rings. The molecule has 6 nitrogen and oxygen atoms in total. The van der Waals surface area contributed by atoms with Gasteiger partial charge in [0.25, 0.3) is 11.8 Å². The zero-order valence-corrected chi connectivity index (χ0v) is 19.1. The van der Waals surface area contributed by atoms with Gasteiger partial charge in [0.15, 0.2) is 0 Å². The van der Waals surface area contributed by atoms with E-state index in [1.807, 2.05) is 43.5 Å². The van der Waals surface area contributed by atoms with Gasteiger partial charge in [0.05, 0.1) is 10.7 Å². The Kier molecular flexibility index (Phi) is 7.41. The fourth-order valence-corrected chi connectivity index (χ4v) is 3.66. The van der Waals surface area contributed by atoms with Crippen molar-refractivity contribution >= 4 is 23.2 Å². The molecule has 162 valence electrons. The summed E-state index contributed by atoms with van der Waals surface area (Å²) in [6.45, 7) is 5.39. The van der Waals surface area contributed by atoms with Gasteiger partial charge in [-0.15, -0.1) is 11.3 Å². The molecular formula is C24H27N3O3S. The Morgan fingerprint density at radius 3 is 2.13 bits per heavy atom. The Morgan fingerprint density at radius 2 is 1.58 bits per heavy atom. The second-order valence-corrected chi connectivity index (χ2v) is 8.45. The van der Waals surface area contributed by atoms with Crippen LogP contribution in [0.4, 0.5) is 0 Å². The third-order valence-corrected chi connectivity index (χ3v) is 5.63. The zero-order chi connectivity index (χ0) is 22.4. The summed E-state index contributed by atoms with van der Waals surface area (Å²) in [7, 11) is 3.45. The summed E-state index contributed by atoms with van der Waals surface area (Å²) < 4.78 is 5.76. The number of carbonyl (C=O) groups excluding carboxylic acids is 2. The predicted molar refractivity (Wildman–Crippen MR) is 122 cm³/mol. The normalized spacial score (nSPS) is 10.6. The van der Waals surface area contributed by atoms with E-state index in [2.05, 4.69) is 4.98 Å². The van der Waals surface area contributed by atoms with Gasteiger partial charge in [-0.2, -0.15) is 0 Å². The average Bonchev–Trinajstić information content (AvgIpc) is 3.21. The SMILES string of the molecule is CCN(Cc1ccc(C(=O)N(C)C)cc1)C(=O)c1ccc(OCc2csc(C)n2)cc1. The van der Waals surface area contributed by atoms with E-state index < -0.39 is 0 Å². The molecule has 0 bridgehead atoms. The molecule has 1 heterocycles. The quantitative estimate of drug-likeness (QED) is 0.524. The van der Waals surface area contributed by atoms with Crippen LogP contribution in [0.25, 0.3) is 0 Å². The van der Waals surface area contributed by atoms with Crippen LogP contribution < -0.4 is 4.74 Å². The van der Waals surface area contributed by atoms with Gasteiger partial charge in [-0.25, -0.2) is 4.98 Å². The first-order valence-corrected chi connectivity index (χ1v) is 11.0. The molecule has 0 radical (unpaired) electrons. The summed E-state index contributed by atoms with van der Waals surface area (Å²) in [5, 5.41) is 2.99. The summed E-state index contributed by atoms with van der Waals surface area (Å²) in [5.41, 5.74) is 3.12. The van der Waals surface area contributed by atoms with Crippen molar-refractivity contribution in [2.24, 2.45) is 0 Å². The number of hydrogen-bond acceptors (Lipinski definition) is 5. The summed E-state index contributed by atoms with van der Waals surface area (Å²) in [4.78, 5) is 32.7. The van der Waals surface area contributed by atoms with Crippen molar-refractivity contribution in [1.82, 2.24) is 14.8 Å².